The topological polar surface area (TPSA) is 58.6 Å². The standard InChI is InChI=1S/C22H26N2O3/c1-5-17-8-6-7-9-19(17)23-21(25)15-24(3)22(26)13-11-18-14-16(2)10-12-20(18)27-4/h6-14H,5,15H2,1-4H3,(H,23,25)/b13-11+. The van der Waals surface area contributed by atoms with Gasteiger partial charge in [-0.1, -0.05) is 36.8 Å². The number of nitrogens with one attached hydrogen (secondary N) is 1. The van der Waals surface area contributed by atoms with Crippen molar-refractivity contribution in [2.24, 2.45) is 0 Å². The van der Waals surface area contributed by atoms with Crippen LogP contribution in [-0.2, 0) is 16.0 Å². The molecule has 0 saturated heterocycles. The summed E-state index contributed by atoms with van der Waals surface area (Å²) in [6.45, 7) is 3.99. The minimum absolute atomic E-state index is 0.0217. The minimum atomic E-state index is -0.252. The number of hydrogen-bond acceptors (Lipinski definition) is 3. The Kier molecular flexibility index (Phi) is 7.17. The minimum Gasteiger partial charge on any atom is -0.496 e. The number of benzene rings is 2. The number of carbonyl (C=O) groups excluding carboxylic acids is 2. The van der Waals surface area contributed by atoms with Gasteiger partial charge in [-0.2, -0.15) is 0 Å². The third-order valence-corrected chi connectivity index (χ3v) is 4.22. The van der Waals surface area contributed by atoms with Crippen molar-refractivity contribution in [1.82, 2.24) is 4.90 Å². The number of carbonyl (C=O) groups is 2. The fraction of sp³-hybridized carbons (Fsp3) is 0.273. The van der Waals surface area contributed by atoms with Crippen molar-refractivity contribution in [1.29, 1.82) is 0 Å². The summed E-state index contributed by atoms with van der Waals surface area (Å²) in [5.41, 5.74) is 3.74. The van der Waals surface area contributed by atoms with Crippen molar-refractivity contribution in [3.63, 3.8) is 0 Å². The number of rotatable bonds is 7. The fourth-order valence-electron chi connectivity index (χ4n) is 2.71. The first kappa shape index (κ1) is 20.2. The highest BCUT2D eigenvalue weighted by atomic mass is 16.5. The van der Waals surface area contributed by atoms with Gasteiger partial charge in [-0.05, 0) is 43.2 Å². The molecule has 0 fully saturated rings. The average Bonchev–Trinajstić information content (AvgIpc) is 2.66. The molecule has 0 aliphatic rings. The molecule has 0 radical (unpaired) electrons. The number of hydrogen-bond donors (Lipinski definition) is 1. The van der Waals surface area contributed by atoms with Crippen molar-refractivity contribution in [2.75, 3.05) is 26.0 Å². The quantitative estimate of drug-likeness (QED) is 0.761. The first-order valence-corrected chi connectivity index (χ1v) is 8.90. The number of ether oxygens (including phenoxy) is 1. The molecule has 0 unspecified atom stereocenters. The molecule has 5 nitrogen and oxygen atoms in total. The van der Waals surface area contributed by atoms with Crippen molar-refractivity contribution < 1.29 is 14.3 Å². The van der Waals surface area contributed by atoms with Gasteiger partial charge in [0.05, 0.1) is 13.7 Å². The van der Waals surface area contributed by atoms with Gasteiger partial charge in [-0.15, -0.1) is 0 Å². The van der Waals surface area contributed by atoms with E-state index in [1.165, 1.54) is 11.0 Å². The lowest BCUT2D eigenvalue weighted by atomic mass is 10.1. The van der Waals surface area contributed by atoms with Gasteiger partial charge in [-0.25, -0.2) is 0 Å². The third-order valence-electron chi connectivity index (χ3n) is 4.22. The van der Waals surface area contributed by atoms with Gasteiger partial charge in [0.1, 0.15) is 5.75 Å². The summed E-state index contributed by atoms with van der Waals surface area (Å²) in [5, 5.41) is 2.87. The largest absolute Gasteiger partial charge is 0.496 e. The van der Waals surface area contributed by atoms with Gasteiger partial charge >= 0.3 is 0 Å². The lowest BCUT2D eigenvalue weighted by molar-refractivity contribution is -0.129. The van der Waals surface area contributed by atoms with E-state index in [2.05, 4.69) is 5.32 Å². The summed E-state index contributed by atoms with van der Waals surface area (Å²) >= 11 is 0. The van der Waals surface area contributed by atoms with Crippen LogP contribution in [0.1, 0.15) is 23.6 Å². The molecular formula is C22H26N2O3. The number of para-hydroxylation sites is 1. The van der Waals surface area contributed by atoms with Crippen LogP contribution in [-0.4, -0.2) is 37.4 Å². The molecule has 1 N–H and O–H groups in total. The molecule has 0 aromatic heterocycles. The van der Waals surface area contributed by atoms with Gasteiger partial charge in [0.15, 0.2) is 0 Å². The van der Waals surface area contributed by atoms with Crippen molar-refractivity contribution >= 4 is 23.6 Å². The molecule has 0 bridgehead atoms. The van der Waals surface area contributed by atoms with E-state index in [0.717, 1.165) is 28.8 Å². The zero-order valence-corrected chi connectivity index (χ0v) is 16.3. The monoisotopic (exact) mass is 366 g/mol. The van der Waals surface area contributed by atoms with Gasteiger partial charge in [-0.3, -0.25) is 9.59 Å². The molecule has 5 heteroatoms. The zero-order chi connectivity index (χ0) is 19.8. The molecule has 2 rings (SSSR count). The van der Waals surface area contributed by atoms with Gasteiger partial charge < -0.3 is 15.0 Å². The number of aryl methyl sites for hydroxylation is 2. The van der Waals surface area contributed by atoms with Crippen molar-refractivity contribution in [3.05, 3.63) is 65.2 Å². The number of anilines is 1. The summed E-state index contributed by atoms with van der Waals surface area (Å²) in [5.74, 6) is 0.215. The van der Waals surface area contributed by atoms with Gasteiger partial charge in [0.25, 0.3) is 0 Å². The van der Waals surface area contributed by atoms with E-state index in [9.17, 15) is 9.59 Å². The van der Waals surface area contributed by atoms with Crippen LogP contribution in [0.2, 0.25) is 0 Å². The summed E-state index contributed by atoms with van der Waals surface area (Å²) in [7, 11) is 3.19. The van der Waals surface area contributed by atoms with Crippen LogP contribution in [0.4, 0.5) is 5.69 Å². The molecule has 0 aliphatic carbocycles. The summed E-state index contributed by atoms with van der Waals surface area (Å²) < 4.78 is 5.31. The van der Waals surface area contributed by atoms with Crippen LogP contribution in [0, 0.1) is 6.92 Å². The zero-order valence-electron chi connectivity index (χ0n) is 16.3. The van der Waals surface area contributed by atoms with E-state index in [4.69, 9.17) is 4.74 Å². The van der Waals surface area contributed by atoms with Crippen LogP contribution < -0.4 is 10.1 Å². The molecule has 0 atom stereocenters. The second-order valence-electron chi connectivity index (χ2n) is 6.33. The molecule has 142 valence electrons. The van der Waals surface area contributed by atoms with Crippen LogP contribution in [0.3, 0.4) is 0 Å². The Labute approximate surface area is 160 Å². The average molecular weight is 366 g/mol. The van der Waals surface area contributed by atoms with Crippen LogP contribution >= 0.6 is 0 Å². The molecule has 2 aromatic carbocycles. The third kappa shape index (κ3) is 5.71. The highest BCUT2D eigenvalue weighted by Gasteiger charge is 2.12. The van der Waals surface area contributed by atoms with E-state index >= 15 is 0 Å². The number of nitrogens with zero attached hydrogens (tertiary/aromatic N) is 1. The van der Waals surface area contributed by atoms with E-state index in [1.54, 1.807) is 20.2 Å². The van der Waals surface area contributed by atoms with E-state index < -0.39 is 0 Å². The predicted molar refractivity (Wildman–Crippen MR) is 109 cm³/mol. The van der Waals surface area contributed by atoms with Crippen molar-refractivity contribution in [3.8, 4) is 5.75 Å². The maximum absolute atomic E-state index is 12.3. The molecule has 0 aliphatic heterocycles. The highest BCUT2D eigenvalue weighted by Crippen LogP contribution is 2.21. The maximum Gasteiger partial charge on any atom is 0.246 e. The molecule has 0 heterocycles. The van der Waals surface area contributed by atoms with E-state index in [-0.39, 0.29) is 18.4 Å². The summed E-state index contributed by atoms with van der Waals surface area (Å²) in [4.78, 5) is 26.0. The van der Waals surface area contributed by atoms with Crippen LogP contribution in [0.25, 0.3) is 6.08 Å². The Bertz CT molecular complexity index is 843. The highest BCUT2D eigenvalue weighted by molar-refractivity contribution is 5.98. The Hall–Kier alpha value is -3.08. The normalized spacial score (nSPS) is 10.7. The Morgan fingerprint density at radius 1 is 1.19 bits per heavy atom. The predicted octanol–water partition coefficient (Wildman–Crippen LogP) is 3.68. The Morgan fingerprint density at radius 2 is 1.93 bits per heavy atom. The molecule has 0 spiro atoms. The number of likely N-dealkylation sites (N-methyl/N-ethyl adjacent to an activating group) is 1. The SMILES string of the molecule is CCc1ccccc1NC(=O)CN(C)C(=O)/C=C/c1cc(C)ccc1OC. The fourth-order valence-corrected chi connectivity index (χ4v) is 2.71. The second-order valence-corrected chi connectivity index (χ2v) is 6.33. The lowest BCUT2D eigenvalue weighted by Crippen LogP contribution is -2.34. The molecule has 0 saturated carbocycles. The molecule has 27 heavy (non-hydrogen) atoms. The smallest absolute Gasteiger partial charge is 0.246 e. The summed E-state index contributed by atoms with van der Waals surface area (Å²) in [6.07, 6.45) is 3.98. The summed E-state index contributed by atoms with van der Waals surface area (Å²) in [6, 6.07) is 13.4. The molecular weight excluding hydrogens is 340 g/mol. The molecule has 2 aromatic rings. The van der Waals surface area contributed by atoms with E-state index in [1.807, 2.05) is 56.3 Å². The van der Waals surface area contributed by atoms with Crippen LogP contribution in [0.5, 0.6) is 5.75 Å². The number of methoxy groups -OCH3 is 1. The van der Waals surface area contributed by atoms with Crippen molar-refractivity contribution in [2.45, 2.75) is 20.3 Å². The van der Waals surface area contributed by atoms with Gasteiger partial charge in [0.2, 0.25) is 11.8 Å². The molecule has 2 amide bonds. The Morgan fingerprint density at radius 3 is 2.63 bits per heavy atom. The maximum atomic E-state index is 12.3. The first-order chi connectivity index (χ1) is 12.9. The Balaban J connectivity index is 1.99. The second kappa shape index (κ2) is 9.57. The van der Waals surface area contributed by atoms with E-state index in [0.29, 0.717) is 5.75 Å². The number of amides is 2. The van der Waals surface area contributed by atoms with Gasteiger partial charge in [0, 0.05) is 24.4 Å². The van der Waals surface area contributed by atoms with Crippen LogP contribution in [0.15, 0.2) is 48.5 Å². The lowest BCUT2D eigenvalue weighted by Gasteiger charge is -2.16. The first-order valence-electron chi connectivity index (χ1n) is 8.90.